The number of amides is 2. The maximum Gasteiger partial charge on any atom is 0.289 e. The molecule has 1 aliphatic carbocycles. The van der Waals surface area contributed by atoms with Crippen LogP contribution in [0, 0.1) is 11.3 Å². The molecule has 1 unspecified atom stereocenters. The fraction of sp³-hybridized carbons (Fsp3) is 0.625. The summed E-state index contributed by atoms with van der Waals surface area (Å²) in [7, 11) is 3.59. The number of likely N-dealkylation sites (tertiary alicyclic amines) is 1. The lowest BCUT2D eigenvalue weighted by Gasteiger charge is -2.30. The largest absolute Gasteiger partial charge is 0.459 e. The number of rotatable bonds is 2. The Labute approximate surface area is 124 Å². The van der Waals surface area contributed by atoms with Crippen molar-refractivity contribution in [3.05, 3.63) is 24.2 Å². The van der Waals surface area contributed by atoms with Crippen molar-refractivity contribution in [2.75, 3.05) is 27.2 Å². The number of furan rings is 1. The van der Waals surface area contributed by atoms with Crippen molar-refractivity contribution < 1.29 is 14.0 Å². The summed E-state index contributed by atoms with van der Waals surface area (Å²) in [6, 6.07) is 3.40. The molecule has 3 rings (SSSR count). The minimum absolute atomic E-state index is 0.0242. The van der Waals surface area contributed by atoms with E-state index < -0.39 is 0 Å². The van der Waals surface area contributed by atoms with E-state index in [2.05, 4.69) is 0 Å². The average Bonchev–Trinajstić information content (AvgIpc) is 3.19. The Morgan fingerprint density at radius 3 is 2.62 bits per heavy atom. The van der Waals surface area contributed by atoms with Gasteiger partial charge in [0.15, 0.2) is 5.76 Å². The molecule has 1 aromatic heterocycles. The van der Waals surface area contributed by atoms with Crippen LogP contribution >= 0.6 is 0 Å². The van der Waals surface area contributed by atoms with E-state index >= 15 is 0 Å². The first-order chi connectivity index (χ1) is 10.0. The van der Waals surface area contributed by atoms with Crippen molar-refractivity contribution in [2.24, 2.45) is 11.3 Å². The van der Waals surface area contributed by atoms with Crippen molar-refractivity contribution in [1.82, 2.24) is 9.80 Å². The summed E-state index contributed by atoms with van der Waals surface area (Å²) >= 11 is 0. The molecule has 2 aliphatic rings. The highest BCUT2D eigenvalue weighted by Gasteiger charge is 2.52. The second-order valence-electron chi connectivity index (χ2n) is 6.52. The van der Waals surface area contributed by atoms with Crippen LogP contribution in [0.5, 0.6) is 0 Å². The Morgan fingerprint density at radius 1 is 1.33 bits per heavy atom. The molecule has 2 fully saturated rings. The van der Waals surface area contributed by atoms with Crippen LogP contribution < -0.4 is 0 Å². The van der Waals surface area contributed by atoms with Gasteiger partial charge in [-0.15, -0.1) is 0 Å². The van der Waals surface area contributed by atoms with E-state index in [1.54, 1.807) is 36.0 Å². The van der Waals surface area contributed by atoms with E-state index in [0.717, 1.165) is 25.7 Å². The normalized spacial score (nSPS) is 23.7. The molecule has 5 heteroatoms. The van der Waals surface area contributed by atoms with Crippen LogP contribution in [-0.2, 0) is 4.79 Å². The fourth-order valence-corrected chi connectivity index (χ4v) is 3.92. The monoisotopic (exact) mass is 290 g/mol. The fourth-order valence-electron chi connectivity index (χ4n) is 3.92. The first-order valence-electron chi connectivity index (χ1n) is 7.57. The highest BCUT2D eigenvalue weighted by molar-refractivity contribution is 5.92. The van der Waals surface area contributed by atoms with Crippen molar-refractivity contribution >= 4 is 11.8 Å². The summed E-state index contributed by atoms with van der Waals surface area (Å²) in [6.07, 6.45) is 5.90. The van der Waals surface area contributed by atoms with Gasteiger partial charge in [0, 0.05) is 32.6 Å². The van der Waals surface area contributed by atoms with Crippen molar-refractivity contribution in [2.45, 2.75) is 25.7 Å². The highest BCUT2D eigenvalue weighted by atomic mass is 16.3. The number of carbonyl (C=O) groups excluding carboxylic acids is 2. The van der Waals surface area contributed by atoms with Gasteiger partial charge in [-0.2, -0.15) is 0 Å². The van der Waals surface area contributed by atoms with Gasteiger partial charge < -0.3 is 14.2 Å². The molecule has 0 bridgehead atoms. The lowest BCUT2D eigenvalue weighted by molar-refractivity contribution is -0.135. The van der Waals surface area contributed by atoms with Gasteiger partial charge in [0.25, 0.3) is 5.91 Å². The standard InChI is InChI=1S/C16H22N2O3/c1-17(2)14(19)12-10-18(11-16(12)7-3-4-8-16)15(20)13-6-5-9-21-13/h5-6,9,12H,3-4,7-8,10-11H2,1-2H3. The van der Waals surface area contributed by atoms with Gasteiger partial charge in [0.05, 0.1) is 12.2 Å². The molecule has 0 radical (unpaired) electrons. The van der Waals surface area contributed by atoms with E-state index in [0.29, 0.717) is 18.8 Å². The van der Waals surface area contributed by atoms with E-state index in [-0.39, 0.29) is 23.1 Å². The molecule has 2 heterocycles. The summed E-state index contributed by atoms with van der Waals surface area (Å²) in [5.74, 6) is 0.335. The third-order valence-corrected chi connectivity index (χ3v) is 5.01. The Bertz CT molecular complexity index is 530. The molecular weight excluding hydrogens is 268 g/mol. The van der Waals surface area contributed by atoms with Crippen molar-refractivity contribution in [3.63, 3.8) is 0 Å². The minimum atomic E-state index is -0.0969. The topological polar surface area (TPSA) is 53.8 Å². The van der Waals surface area contributed by atoms with Crippen LogP contribution in [-0.4, -0.2) is 48.8 Å². The lowest BCUT2D eigenvalue weighted by atomic mass is 9.76. The quantitative estimate of drug-likeness (QED) is 0.837. The van der Waals surface area contributed by atoms with Crippen LogP contribution in [0.15, 0.2) is 22.8 Å². The summed E-state index contributed by atoms with van der Waals surface area (Å²) < 4.78 is 5.22. The zero-order valence-corrected chi connectivity index (χ0v) is 12.7. The predicted molar refractivity (Wildman–Crippen MR) is 77.7 cm³/mol. The zero-order valence-electron chi connectivity index (χ0n) is 12.7. The Morgan fingerprint density at radius 2 is 2.05 bits per heavy atom. The molecule has 21 heavy (non-hydrogen) atoms. The number of hydrogen-bond donors (Lipinski definition) is 0. The molecule has 1 atom stereocenters. The molecule has 1 aromatic rings. The molecule has 1 aliphatic heterocycles. The molecule has 0 aromatic carbocycles. The summed E-state index contributed by atoms with van der Waals surface area (Å²) in [5.41, 5.74) is -0.0242. The van der Waals surface area contributed by atoms with Gasteiger partial charge >= 0.3 is 0 Å². The van der Waals surface area contributed by atoms with Crippen LogP contribution in [0.2, 0.25) is 0 Å². The molecule has 1 saturated carbocycles. The van der Waals surface area contributed by atoms with Crippen LogP contribution in [0.25, 0.3) is 0 Å². The highest BCUT2D eigenvalue weighted by Crippen LogP contribution is 2.49. The Balaban J connectivity index is 1.84. The van der Waals surface area contributed by atoms with Crippen LogP contribution in [0.4, 0.5) is 0 Å². The molecule has 2 amide bonds. The molecule has 1 saturated heterocycles. The van der Waals surface area contributed by atoms with Gasteiger partial charge in [0.2, 0.25) is 5.91 Å². The van der Waals surface area contributed by atoms with E-state index in [1.807, 2.05) is 0 Å². The second kappa shape index (κ2) is 5.20. The summed E-state index contributed by atoms with van der Waals surface area (Å²) in [5, 5.41) is 0. The number of carbonyl (C=O) groups is 2. The third kappa shape index (κ3) is 2.34. The SMILES string of the molecule is CN(C)C(=O)C1CN(C(=O)c2ccco2)CC12CCCC2. The Kier molecular flexibility index (Phi) is 3.51. The van der Waals surface area contributed by atoms with Gasteiger partial charge in [-0.1, -0.05) is 12.8 Å². The minimum Gasteiger partial charge on any atom is -0.459 e. The third-order valence-electron chi connectivity index (χ3n) is 5.01. The van der Waals surface area contributed by atoms with Gasteiger partial charge in [-0.05, 0) is 25.0 Å². The van der Waals surface area contributed by atoms with Gasteiger partial charge in [0.1, 0.15) is 0 Å². The summed E-state index contributed by atoms with van der Waals surface area (Å²) in [4.78, 5) is 28.5. The smallest absolute Gasteiger partial charge is 0.289 e. The molecular formula is C16H22N2O3. The first kappa shape index (κ1) is 14.2. The van der Waals surface area contributed by atoms with E-state index in [4.69, 9.17) is 4.42 Å². The summed E-state index contributed by atoms with van der Waals surface area (Å²) in [6.45, 7) is 1.19. The van der Waals surface area contributed by atoms with Gasteiger partial charge in [-0.25, -0.2) is 0 Å². The predicted octanol–water partition coefficient (Wildman–Crippen LogP) is 2.00. The number of nitrogens with zero attached hydrogens (tertiary/aromatic N) is 2. The maximum absolute atomic E-state index is 12.5. The first-order valence-corrected chi connectivity index (χ1v) is 7.57. The number of hydrogen-bond acceptors (Lipinski definition) is 3. The van der Waals surface area contributed by atoms with Gasteiger partial charge in [-0.3, -0.25) is 9.59 Å². The maximum atomic E-state index is 12.5. The molecule has 1 spiro atoms. The van der Waals surface area contributed by atoms with Crippen LogP contribution in [0.1, 0.15) is 36.2 Å². The lowest BCUT2D eigenvalue weighted by Crippen LogP contribution is -2.39. The van der Waals surface area contributed by atoms with E-state index in [1.165, 1.54) is 6.26 Å². The van der Waals surface area contributed by atoms with Crippen LogP contribution in [0.3, 0.4) is 0 Å². The molecule has 5 nitrogen and oxygen atoms in total. The van der Waals surface area contributed by atoms with E-state index in [9.17, 15) is 9.59 Å². The van der Waals surface area contributed by atoms with Crippen molar-refractivity contribution in [1.29, 1.82) is 0 Å². The van der Waals surface area contributed by atoms with Crippen molar-refractivity contribution in [3.8, 4) is 0 Å². The molecule has 114 valence electrons. The second-order valence-corrected chi connectivity index (χ2v) is 6.52. The zero-order chi connectivity index (χ0) is 15.0. The average molecular weight is 290 g/mol. The molecule has 0 N–H and O–H groups in total. The Hall–Kier alpha value is -1.78.